The number of benzene rings is 4. The van der Waals surface area contributed by atoms with Crippen LogP contribution < -0.4 is 5.73 Å². The highest BCUT2D eigenvalue weighted by Crippen LogP contribution is 2.39. The van der Waals surface area contributed by atoms with Crippen molar-refractivity contribution in [1.82, 2.24) is 0 Å². The maximum Gasteiger partial charge on any atom is 0.336 e. The van der Waals surface area contributed by atoms with E-state index in [4.69, 9.17) is 5.73 Å². The number of rotatable bonds is 6. The number of carboxylic acids is 3. The molecule has 0 atom stereocenters. The fraction of sp³-hybridized carbons (Fsp3) is 0. The minimum Gasteiger partial charge on any atom is -0.478 e. The average Bonchev–Trinajstić information content (AvgIpc) is 2.83. The van der Waals surface area contributed by atoms with Crippen molar-refractivity contribution < 1.29 is 29.7 Å². The molecule has 0 aromatic heterocycles. The molecule has 0 radical (unpaired) electrons. The van der Waals surface area contributed by atoms with E-state index in [2.05, 4.69) is 0 Å². The molecule has 34 heavy (non-hydrogen) atoms. The van der Waals surface area contributed by atoms with Crippen LogP contribution in [0.25, 0.3) is 33.4 Å². The Morgan fingerprint density at radius 2 is 1.06 bits per heavy atom. The highest BCUT2D eigenvalue weighted by atomic mass is 16.4. The largest absolute Gasteiger partial charge is 0.478 e. The van der Waals surface area contributed by atoms with Crippen LogP contribution in [0.5, 0.6) is 0 Å². The van der Waals surface area contributed by atoms with Crippen LogP contribution in [0.3, 0.4) is 0 Å². The second-order valence-electron chi connectivity index (χ2n) is 7.61. The van der Waals surface area contributed by atoms with Gasteiger partial charge in [-0.3, -0.25) is 0 Å². The zero-order valence-electron chi connectivity index (χ0n) is 17.7. The van der Waals surface area contributed by atoms with Crippen molar-refractivity contribution in [3.05, 3.63) is 102 Å². The number of anilines is 1. The van der Waals surface area contributed by atoms with Crippen LogP contribution in [0.1, 0.15) is 31.1 Å². The summed E-state index contributed by atoms with van der Waals surface area (Å²) < 4.78 is 0. The van der Waals surface area contributed by atoms with Crippen molar-refractivity contribution in [2.24, 2.45) is 0 Å². The number of nitrogen functional groups attached to an aromatic ring is 1. The molecule has 0 heterocycles. The maximum absolute atomic E-state index is 12.4. The van der Waals surface area contributed by atoms with Gasteiger partial charge in [0, 0.05) is 11.3 Å². The Bertz CT molecular complexity index is 1430. The van der Waals surface area contributed by atoms with Gasteiger partial charge in [-0.2, -0.15) is 0 Å². The van der Waals surface area contributed by atoms with Crippen LogP contribution in [-0.4, -0.2) is 33.2 Å². The van der Waals surface area contributed by atoms with Crippen LogP contribution in [0.15, 0.2) is 84.9 Å². The highest BCUT2D eigenvalue weighted by molar-refractivity contribution is 6.05. The third kappa shape index (κ3) is 4.22. The number of hydrogen-bond donors (Lipinski definition) is 4. The fourth-order valence-electron chi connectivity index (χ4n) is 3.85. The molecule has 0 bridgehead atoms. The summed E-state index contributed by atoms with van der Waals surface area (Å²) in [4.78, 5) is 35.0. The summed E-state index contributed by atoms with van der Waals surface area (Å²) in [6.45, 7) is 0. The molecular formula is C27H19NO6. The lowest BCUT2D eigenvalue weighted by atomic mass is 9.87. The summed E-state index contributed by atoms with van der Waals surface area (Å²) in [5.74, 6) is -3.34. The van der Waals surface area contributed by atoms with Crippen LogP contribution in [0, 0.1) is 0 Å². The molecule has 0 unspecified atom stereocenters. The molecule has 4 aromatic carbocycles. The van der Waals surface area contributed by atoms with E-state index in [1.165, 1.54) is 24.3 Å². The predicted molar refractivity (Wildman–Crippen MR) is 128 cm³/mol. The van der Waals surface area contributed by atoms with Gasteiger partial charge < -0.3 is 21.1 Å². The molecule has 5 N–H and O–H groups in total. The Morgan fingerprint density at radius 1 is 0.529 bits per heavy atom. The number of carbonyl (C=O) groups is 3. The molecule has 7 heteroatoms. The number of aromatic carboxylic acids is 3. The highest BCUT2D eigenvalue weighted by Gasteiger charge is 2.21. The first-order valence-electron chi connectivity index (χ1n) is 10.2. The van der Waals surface area contributed by atoms with E-state index in [9.17, 15) is 29.7 Å². The quantitative estimate of drug-likeness (QED) is 0.288. The van der Waals surface area contributed by atoms with Gasteiger partial charge in [-0.1, -0.05) is 48.5 Å². The molecule has 0 saturated heterocycles. The van der Waals surface area contributed by atoms with Gasteiger partial charge >= 0.3 is 17.9 Å². The minimum atomic E-state index is -1.14. The summed E-state index contributed by atoms with van der Waals surface area (Å²) in [7, 11) is 0. The molecule has 0 aliphatic carbocycles. The SMILES string of the molecule is Nc1cc(C(=O)O)ccc1-c1cc(-c2ccccc2)c(C(=O)O)c(-c2ccc(C(=O)O)cc2)c1. The van der Waals surface area contributed by atoms with Crippen molar-refractivity contribution in [3.63, 3.8) is 0 Å². The average molecular weight is 453 g/mol. The molecule has 0 amide bonds. The Hall–Kier alpha value is -4.91. The first-order chi connectivity index (χ1) is 16.3. The van der Waals surface area contributed by atoms with Crippen LogP contribution in [-0.2, 0) is 0 Å². The first-order valence-corrected chi connectivity index (χ1v) is 10.2. The molecule has 0 spiro atoms. The van der Waals surface area contributed by atoms with Crippen LogP contribution in [0.2, 0.25) is 0 Å². The molecule has 0 aliphatic heterocycles. The van der Waals surface area contributed by atoms with Crippen molar-refractivity contribution in [2.45, 2.75) is 0 Å². The van der Waals surface area contributed by atoms with E-state index in [0.717, 1.165) is 0 Å². The summed E-state index contributed by atoms with van der Waals surface area (Å²) in [6, 6.07) is 22.7. The Morgan fingerprint density at radius 3 is 1.56 bits per heavy atom. The van der Waals surface area contributed by atoms with Crippen molar-refractivity contribution >= 4 is 23.6 Å². The van der Waals surface area contributed by atoms with Gasteiger partial charge in [-0.15, -0.1) is 0 Å². The number of hydrogen-bond acceptors (Lipinski definition) is 4. The van der Waals surface area contributed by atoms with E-state index in [1.807, 2.05) is 6.07 Å². The summed E-state index contributed by atoms with van der Waals surface area (Å²) in [5, 5.41) is 28.6. The van der Waals surface area contributed by atoms with E-state index in [0.29, 0.717) is 33.4 Å². The van der Waals surface area contributed by atoms with Gasteiger partial charge in [-0.05, 0) is 64.2 Å². The van der Waals surface area contributed by atoms with Gasteiger partial charge in [0.15, 0.2) is 0 Å². The van der Waals surface area contributed by atoms with E-state index in [1.54, 1.807) is 54.6 Å². The molecular weight excluding hydrogens is 434 g/mol. The Kier molecular flexibility index (Phi) is 5.84. The van der Waals surface area contributed by atoms with E-state index >= 15 is 0 Å². The van der Waals surface area contributed by atoms with E-state index < -0.39 is 17.9 Å². The number of nitrogens with two attached hydrogens (primary N) is 1. The Labute approximate surface area is 194 Å². The normalized spacial score (nSPS) is 10.6. The van der Waals surface area contributed by atoms with Crippen molar-refractivity contribution in [3.8, 4) is 33.4 Å². The molecule has 4 aromatic rings. The third-order valence-electron chi connectivity index (χ3n) is 5.49. The molecule has 0 saturated carbocycles. The molecule has 0 aliphatic rings. The molecule has 7 nitrogen and oxygen atoms in total. The zero-order chi connectivity index (χ0) is 24.4. The Balaban J connectivity index is 2.02. The minimum absolute atomic E-state index is 0.0381. The second kappa shape index (κ2) is 8.91. The topological polar surface area (TPSA) is 138 Å². The predicted octanol–water partition coefficient (Wildman–Crippen LogP) is 5.36. The third-order valence-corrected chi connectivity index (χ3v) is 5.49. The standard InChI is InChI=1S/C27H19NO6/c28-23-14-18(26(31)32)10-11-20(23)19-12-21(15-4-2-1-3-5-15)24(27(33)34)22(13-19)16-6-8-17(9-7-16)25(29)30/h1-14H,28H2,(H,29,30)(H,31,32)(H,33,34). The summed E-state index contributed by atoms with van der Waals surface area (Å²) >= 11 is 0. The number of carboxylic acid groups (broad SMARTS) is 3. The summed E-state index contributed by atoms with van der Waals surface area (Å²) in [6.07, 6.45) is 0. The van der Waals surface area contributed by atoms with Crippen LogP contribution in [0.4, 0.5) is 5.69 Å². The van der Waals surface area contributed by atoms with Crippen molar-refractivity contribution in [1.29, 1.82) is 0 Å². The fourth-order valence-corrected chi connectivity index (χ4v) is 3.85. The summed E-state index contributed by atoms with van der Waals surface area (Å²) in [5.41, 5.74) is 9.73. The van der Waals surface area contributed by atoms with Gasteiger partial charge in [0.2, 0.25) is 0 Å². The lowest BCUT2D eigenvalue weighted by Crippen LogP contribution is -2.05. The van der Waals surface area contributed by atoms with Crippen molar-refractivity contribution in [2.75, 3.05) is 5.73 Å². The second-order valence-corrected chi connectivity index (χ2v) is 7.61. The lowest BCUT2D eigenvalue weighted by Gasteiger charge is -2.17. The van der Waals surface area contributed by atoms with Gasteiger partial charge in [0.1, 0.15) is 0 Å². The van der Waals surface area contributed by atoms with Gasteiger partial charge in [0.25, 0.3) is 0 Å². The molecule has 0 fully saturated rings. The monoisotopic (exact) mass is 453 g/mol. The van der Waals surface area contributed by atoms with Gasteiger partial charge in [-0.25, -0.2) is 14.4 Å². The van der Waals surface area contributed by atoms with Crippen LogP contribution >= 0.6 is 0 Å². The van der Waals surface area contributed by atoms with E-state index in [-0.39, 0.29) is 22.4 Å². The first kappa shape index (κ1) is 22.3. The molecule has 4 rings (SSSR count). The smallest absolute Gasteiger partial charge is 0.336 e. The lowest BCUT2D eigenvalue weighted by molar-refractivity contribution is 0.0686. The van der Waals surface area contributed by atoms with Gasteiger partial charge in [0.05, 0.1) is 16.7 Å². The maximum atomic E-state index is 12.4. The molecule has 168 valence electrons. The zero-order valence-corrected chi connectivity index (χ0v) is 17.7.